The van der Waals surface area contributed by atoms with Gasteiger partial charge < -0.3 is 13.9 Å². The molecule has 0 fully saturated rings. The SMILES string of the molecule is COc1cc(OS(C)(=O)=O)ccc1N1C=Cc2[nH]cnc2N1. The monoisotopic (exact) mass is 322 g/mol. The molecule has 2 N–H and O–H groups in total. The summed E-state index contributed by atoms with van der Waals surface area (Å²) in [6.07, 6.45) is 6.24. The number of H-pyrrole nitrogens is 1. The Kier molecular flexibility index (Phi) is 3.41. The van der Waals surface area contributed by atoms with Gasteiger partial charge in [0.15, 0.2) is 5.82 Å². The first kappa shape index (κ1) is 14.3. The fourth-order valence-electron chi connectivity index (χ4n) is 2.04. The normalized spacial score (nSPS) is 13.5. The molecule has 0 saturated carbocycles. The van der Waals surface area contributed by atoms with Crippen molar-refractivity contribution in [2.45, 2.75) is 0 Å². The Morgan fingerprint density at radius 3 is 2.86 bits per heavy atom. The third-order valence-corrected chi connectivity index (χ3v) is 3.44. The van der Waals surface area contributed by atoms with E-state index < -0.39 is 10.1 Å². The van der Waals surface area contributed by atoms with E-state index >= 15 is 0 Å². The van der Waals surface area contributed by atoms with Gasteiger partial charge in [0.2, 0.25) is 0 Å². The number of aromatic nitrogens is 2. The van der Waals surface area contributed by atoms with E-state index in [1.807, 2.05) is 6.08 Å². The number of nitrogens with one attached hydrogen (secondary N) is 2. The molecule has 8 nitrogen and oxygen atoms in total. The summed E-state index contributed by atoms with van der Waals surface area (Å²) >= 11 is 0. The summed E-state index contributed by atoms with van der Waals surface area (Å²) in [5, 5.41) is 1.71. The number of hydrogen-bond acceptors (Lipinski definition) is 7. The van der Waals surface area contributed by atoms with E-state index in [2.05, 4.69) is 15.4 Å². The predicted octanol–water partition coefficient (Wildman–Crippen LogP) is 1.57. The van der Waals surface area contributed by atoms with Gasteiger partial charge in [0.05, 0.1) is 25.4 Å². The summed E-state index contributed by atoms with van der Waals surface area (Å²) in [7, 11) is -2.09. The number of aromatic amines is 1. The Morgan fingerprint density at radius 1 is 1.32 bits per heavy atom. The lowest BCUT2D eigenvalue weighted by Gasteiger charge is -2.26. The lowest BCUT2D eigenvalue weighted by molar-refractivity contribution is 0.412. The van der Waals surface area contributed by atoms with Crippen LogP contribution in [0.1, 0.15) is 5.69 Å². The van der Waals surface area contributed by atoms with Crippen molar-refractivity contribution in [3.05, 3.63) is 36.4 Å². The number of imidazole rings is 1. The van der Waals surface area contributed by atoms with Gasteiger partial charge in [-0.3, -0.25) is 10.4 Å². The third-order valence-electron chi connectivity index (χ3n) is 2.94. The number of ether oxygens (including phenoxy) is 1. The van der Waals surface area contributed by atoms with Crippen molar-refractivity contribution < 1.29 is 17.3 Å². The number of hydrazine groups is 1. The summed E-state index contributed by atoms with van der Waals surface area (Å²) in [6.45, 7) is 0. The van der Waals surface area contributed by atoms with Crippen molar-refractivity contribution in [3.63, 3.8) is 0 Å². The minimum absolute atomic E-state index is 0.185. The molecule has 1 aliphatic rings. The van der Waals surface area contributed by atoms with Gasteiger partial charge in [0, 0.05) is 12.3 Å². The second-order valence-electron chi connectivity index (χ2n) is 4.58. The van der Waals surface area contributed by atoms with Gasteiger partial charge in [-0.05, 0) is 18.2 Å². The molecular weight excluding hydrogens is 308 g/mol. The lowest BCUT2D eigenvalue weighted by atomic mass is 10.2. The Bertz CT molecular complexity index is 828. The Labute approximate surface area is 127 Å². The van der Waals surface area contributed by atoms with Crippen LogP contribution in [0.5, 0.6) is 11.5 Å². The first-order valence-corrected chi connectivity index (χ1v) is 8.13. The summed E-state index contributed by atoms with van der Waals surface area (Å²) in [6, 6.07) is 4.74. The fraction of sp³-hybridized carbons (Fsp3) is 0.154. The number of rotatable bonds is 4. The molecular formula is C13H14N4O4S. The van der Waals surface area contributed by atoms with Crippen LogP contribution in [0, 0.1) is 0 Å². The van der Waals surface area contributed by atoms with E-state index in [4.69, 9.17) is 8.92 Å². The molecule has 0 aliphatic carbocycles. The second kappa shape index (κ2) is 5.26. The van der Waals surface area contributed by atoms with Crippen LogP contribution in [0.25, 0.3) is 6.08 Å². The molecule has 2 aromatic rings. The summed E-state index contributed by atoms with van der Waals surface area (Å²) in [5.41, 5.74) is 4.66. The van der Waals surface area contributed by atoms with Crippen LogP contribution in [-0.2, 0) is 10.1 Å². The number of methoxy groups -OCH3 is 1. The summed E-state index contributed by atoms with van der Waals surface area (Å²) in [5.74, 6) is 1.32. The highest BCUT2D eigenvalue weighted by Gasteiger charge is 2.17. The number of fused-ring (bicyclic) bond motifs is 1. The molecule has 0 radical (unpaired) electrons. The molecule has 0 amide bonds. The number of benzene rings is 1. The third kappa shape index (κ3) is 2.84. The van der Waals surface area contributed by atoms with Gasteiger partial charge >= 0.3 is 10.1 Å². The van der Waals surface area contributed by atoms with Crippen LogP contribution >= 0.6 is 0 Å². The number of anilines is 2. The second-order valence-corrected chi connectivity index (χ2v) is 6.16. The summed E-state index contributed by atoms with van der Waals surface area (Å²) < 4.78 is 32.5. The molecule has 0 spiro atoms. The van der Waals surface area contributed by atoms with E-state index in [0.29, 0.717) is 17.3 Å². The highest BCUT2D eigenvalue weighted by atomic mass is 32.2. The molecule has 0 unspecified atom stereocenters. The van der Waals surface area contributed by atoms with Crippen LogP contribution in [0.15, 0.2) is 30.7 Å². The summed E-state index contributed by atoms with van der Waals surface area (Å²) in [4.78, 5) is 7.14. The van der Waals surface area contributed by atoms with Crippen LogP contribution in [0.3, 0.4) is 0 Å². The quantitative estimate of drug-likeness (QED) is 0.825. The molecule has 0 saturated heterocycles. The van der Waals surface area contributed by atoms with Crippen LogP contribution in [0.2, 0.25) is 0 Å². The van der Waals surface area contributed by atoms with Crippen molar-refractivity contribution in [2.75, 3.05) is 23.8 Å². The topological polar surface area (TPSA) is 96.5 Å². The predicted molar refractivity (Wildman–Crippen MR) is 82.2 cm³/mol. The van der Waals surface area contributed by atoms with Crippen molar-refractivity contribution in [2.24, 2.45) is 0 Å². The van der Waals surface area contributed by atoms with Gasteiger partial charge in [-0.2, -0.15) is 8.42 Å². The average Bonchev–Trinajstić information content (AvgIpc) is 2.92. The first-order chi connectivity index (χ1) is 10.5. The highest BCUT2D eigenvalue weighted by Crippen LogP contribution is 2.34. The van der Waals surface area contributed by atoms with Gasteiger partial charge in [-0.1, -0.05) is 0 Å². The largest absolute Gasteiger partial charge is 0.494 e. The van der Waals surface area contributed by atoms with Crippen LogP contribution in [-0.4, -0.2) is 31.8 Å². The van der Waals surface area contributed by atoms with Gasteiger partial charge in [-0.25, -0.2) is 4.98 Å². The average molecular weight is 322 g/mol. The van der Waals surface area contributed by atoms with E-state index in [1.165, 1.54) is 13.2 Å². The van der Waals surface area contributed by atoms with Crippen molar-refractivity contribution >= 4 is 27.7 Å². The minimum atomic E-state index is -3.59. The number of nitrogens with zero attached hydrogens (tertiary/aromatic N) is 2. The lowest BCUT2D eigenvalue weighted by Crippen LogP contribution is -2.26. The zero-order chi connectivity index (χ0) is 15.7. The molecule has 0 atom stereocenters. The van der Waals surface area contributed by atoms with Gasteiger partial charge in [0.1, 0.15) is 17.2 Å². The van der Waals surface area contributed by atoms with Gasteiger partial charge in [0.25, 0.3) is 0 Å². The zero-order valence-corrected chi connectivity index (χ0v) is 12.7. The number of hydrogen-bond donors (Lipinski definition) is 2. The molecule has 0 bridgehead atoms. The smallest absolute Gasteiger partial charge is 0.306 e. The molecule has 9 heteroatoms. The molecule has 1 aliphatic heterocycles. The maximum atomic E-state index is 11.2. The molecule has 2 heterocycles. The maximum absolute atomic E-state index is 11.2. The molecule has 3 rings (SSSR count). The first-order valence-electron chi connectivity index (χ1n) is 6.31. The highest BCUT2D eigenvalue weighted by molar-refractivity contribution is 7.86. The van der Waals surface area contributed by atoms with Crippen molar-refractivity contribution in [1.82, 2.24) is 9.97 Å². The maximum Gasteiger partial charge on any atom is 0.306 e. The molecule has 22 heavy (non-hydrogen) atoms. The van der Waals surface area contributed by atoms with E-state index in [0.717, 1.165) is 11.9 Å². The standard InChI is InChI=1S/C13H14N4O4S/c1-20-12-7-9(21-22(2,18)19)3-4-11(12)17-6-5-10-13(16-17)15-8-14-10/h3-8,16H,1-2H3,(H,14,15). The van der Waals surface area contributed by atoms with Crippen molar-refractivity contribution in [3.8, 4) is 11.5 Å². The van der Waals surface area contributed by atoms with Gasteiger partial charge in [-0.15, -0.1) is 0 Å². The Hall–Kier alpha value is -2.68. The minimum Gasteiger partial charge on any atom is -0.494 e. The Balaban J connectivity index is 1.91. The van der Waals surface area contributed by atoms with E-state index in [1.54, 1.807) is 29.7 Å². The zero-order valence-electron chi connectivity index (χ0n) is 11.9. The molecule has 1 aromatic carbocycles. The fourth-order valence-corrected chi connectivity index (χ4v) is 2.50. The molecule has 1 aromatic heterocycles. The van der Waals surface area contributed by atoms with E-state index in [-0.39, 0.29) is 5.75 Å². The Morgan fingerprint density at radius 2 is 2.14 bits per heavy atom. The van der Waals surface area contributed by atoms with Crippen LogP contribution in [0.4, 0.5) is 11.5 Å². The van der Waals surface area contributed by atoms with E-state index in [9.17, 15) is 8.42 Å². The molecule has 116 valence electrons. The van der Waals surface area contributed by atoms with Crippen molar-refractivity contribution in [1.29, 1.82) is 0 Å². The van der Waals surface area contributed by atoms with Crippen LogP contribution < -0.4 is 19.4 Å².